The Morgan fingerprint density at radius 3 is 1.84 bits per heavy atom. The second-order valence-corrected chi connectivity index (χ2v) is 13.8. The van der Waals surface area contributed by atoms with E-state index in [1.807, 2.05) is 30.3 Å². The Bertz CT molecular complexity index is 2200. The summed E-state index contributed by atoms with van der Waals surface area (Å²) in [6.07, 6.45) is -8.93. The predicted molar refractivity (Wildman–Crippen MR) is 209 cm³/mol. The number of hydrogen-bond acceptors (Lipinski definition) is 9. The number of aliphatic carboxylic acids is 2. The van der Waals surface area contributed by atoms with Gasteiger partial charge in [-0.2, -0.15) is 18.2 Å². The van der Waals surface area contributed by atoms with Gasteiger partial charge in [0.1, 0.15) is 12.4 Å². The Hall–Kier alpha value is -5.62. The first-order valence-electron chi connectivity index (χ1n) is 18.0. The predicted octanol–water partition coefficient (Wildman–Crippen LogP) is 5.76. The second kappa shape index (κ2) is 20.7. The van der Waals surface area contributed by atoms with Gasteiger partial charge in [0, 0.05) is 25.4 Å². The van der Waals surface area contributed by atoms with Crippen LogP contribution in [0.3, 0.4) is 0 Å². The van der Waals surface area contributed by atoms with E-state index in [1.54, 1.807) is 39.8 Å². The summed E-state index contributed by atoms with van der Waals surface area (Å²) < 4.78 is 54.3. The molecule has 4 aromatic carbocycles. The van der Waals surface area contributed by atoms with Gasteiger partial charge in [-0.25, -0.2) is 14.0 Å². The molecule has 0 radical (unpaired) electrons. The van der Waals surface area contributed by atoms with Crippen molar-refractivity contribution in [1.82, 2.24) is 19.4 Å². The van der Waals surface area contributed by atoms with Crippen LogP contribution >= 0.6 is 11.8 Å². The molecule has 5 rings (SSSR count). The number of alkyl halides is 3. The van der Waals surface area contributed by atoms with E-state index >= 15 is 0 Å². The minimum absolute atomic E-state index is 0.0541. The van der Waals surface area contributed by atoms with Crippen LogP contribution in [0.4, 0.5) is 17.6 Å². The minimum Gasteiger partial charge on any atom is -0.479 e. The molecule has 5 aromatic rings. The number of benzene rings is 4. The van der Waals surface area contributed by atoms with E-state index in [1.165, 1.54) is 36.0 Å². The van der Waals surface area contributed by atoms with E-state index in [2.05, 4.69) is 23.7 Å². The highest BCUT2D eigenvalue weighted by Crippen LogP contribution is 2.31. The monoisotopic (exact) mass is 826 g/mol. The molecular weight excluding hydrogens is 785 g/mol. The van der Waals surface area contributed by atoms with E-state index in [4.69, 9.17) is 20.4 Å². The smallest absolute Gasteiger partial charge is 0.416 e. The Morgan fingerprint density at radius 1 is 0.776 bits per heavy atom. The molecule has 2 atom stereocenters. The number of thioether (sulfide) groups is 1. The van der Waals surface area contributed by atoms with Gasteiger partial charge in [-0.3, -0.25) is 9.59 Å². The van der Waals surface area contributed by atoms with Crippen molar-refractivity contribution in [3.8, 4) is 11.1 Å². The Morgan fingerprint density at radius 2 is 1.31 bits per heavy atom. The van der Waals surface area contributed by atoms with Gasteiger partial charge in [0.25, 0.3) is 5.56 Å². The van der Waals surface area contributed by atoms with E-state index in [9.17, 15) is 36.7 Å². The normalized spacial score (nSPS) is 12.4. The van der Waals surface area contributed by atoms with Crippen molar-refractivity contribution in [3.05, 3.63) is 130 Å². The molecule has 17 heteroatoms. The van der Waals surface area contributed by atoms with Crippen molar-refractivity contribution in [1.29, 1.82) is 0 Å². The van der Waals surface area contributed by atoms with Crippen molar-refractivity contribution in [2.24, 2.45) is 0 Å². The number of aromatic nitrogens is 2. The van der Waals surface area contributed by atoms with Crippen molar-refractivity contribution in [3.63, 3.8) is 0 Å². The van der Waals surface area contributed by atoms with Gasteiger partial charge in [-0.1, -0.05) is 86.3 Å². The van der Waals surface area contributed by atoms with E-state index in [0.29, 0.717) is 47.0 Å². The Labute approximate surface area is 335 Å². The standard InChI is InChI=1S/C37H36F4N4O2S.C4H6O6/c1-3-43(4-2)21-22-44(23-26-9-13-28(14-10-26)29-15-17-30(18-16-29)37(39,40)41)34(46)24-45-33-8-6-5-7-32(33)35(47)42-36(45)48-25-27-11-19-31(38)20-12-27;5-1(3(7)8)2(6)4(9)10/h5-20H,3-4,21-25H2,1-2H3;1-2,5-6H,(H,7,8)(H,9,10). The largest absolute Gasteiger partial charge is 0.479 e. The zero-order valence-corrected chi connectivity index (χ0v) is 32.3. The van der Waals surface area contributed by atoms with Gasteiger partial charge in [0.15, 0.2) is 17.4 Å². The van der Waals surface area contributed by atoms with Crippen LogP contribution in [0.15, 0.2) is 107 Å². The molecule has 4 N–H and O–H groups in total. The number of aliphatic hydroxyl groups is 2. The summed E-state index contributed by atoms with van der Waals surface area (Å²) in [6, 6.07) is 25.7. The lowest BCUT2D eigenvalue weighted by Crippen LogP contribution is -2.40. The lowest BCUT2D eigenvalue weighted by Gasteiger charge is -2.28. The van der Waals surface area contributed by atoms with Crippen LogP contribution in [0.5, 0.6) is 0 Å². The number of carbonyl (C=O) groups excluding carboxylic acids is 1. The number of fused-ring (bicyclic) bond motifs is 1. The van der Waals surface area contributed by atoms with Crippen molar-refractivity contribution in [2.75, 3.05) is 26.2 Å². The molecule has 0 aliphatic rings. The number of carbonyl (C=O) groups is 3. The molecule has 0 bridgehead atoms. The van der Waals surface area contributed by atoms with Gasteiger partial charge in [0.2, 0.25) is 5.91 Å². The third-order valence-electron chi connectivity index (χ3n) is 9.04. The number of aliphatic hydroxyl groups excluding tert-OH is 2. The molecule has 12 nitrogen and oxygen atoms in total. The van der Waals surface area contributed by atoms with Crippen LogP contribution in [-0.2, 0) is 39.4 Å². The molecule has 308 valence electrons. The topological polar surface area (TPSA) is 174 Å². The lowest BCUT2D eigenvalue weighted by molar-refractivity contribution is -0.165. The van der Waals surface area contributed by atoms with Crippen LogP contribution < -0.4 is 5.56 Å². The summed E-state index contributed by atoms with van der Waals surface area (Å²) in [4.78, 5) is 55.0. The Balaban J connectivity index is 0.000000657. The number of hydrogen-bond donors (Lipinski definition) is 4. The SMILES string of the molecule is CCN(CC)CCN(Cc1ccc(-c2ccc(C(F)(F)F)cc2)cc1)C(=O)Cn1c(SCc2ccc(F)cc2)nc(=O)c2ccccc21.O=C(O)C(O)C(O)C(=O)O. The first-order valence-corrected chi connectivity index (χ1v) is 19.0. The highest BCUT2D eigenvalue weighted by molar-refractivity contribution is 7.98. The molecule has 0 fully saturated rings. The van der Waals surface area contributed by atoms with Crippen LogP contribution in [-0.4, -0.2) is 96.0 Å². The van der Waals surface area contributed by atoms with Crippen molar-refractivity contribution >= 4 is 40.5 Å². The van der Waals surface area contributed by atoms with Gasteiger partial charge in [-0.05, 0) is 71.7 Å². The van der Waals surface area contributed by atoms with E-state index < -0.39 is 35.9 Å². The molecule has 0 saturated heterocycles. The summed E-state index contributed by atoms with van der Waals surface area (Å²) in [5.74, 6) is -3.61. The first kappa shape index (κ1) is 45.1. The zero-order chi connectivity index (χ0) is 42.6. The van der Waals surface area contributed by atoms with Crippen LogP contribution in [0, 0.1) is 5.82 Å². The van der Waals surface area contributed by atoms with E-state index in [-0.39, 0.29) is 23.8 Å². The zero-order valence-electron chi connectivity index (χ0n) is 31.5. The fourth-order valence-electron chi connectivity index (χ4n) is 5.67. The van der Waals surface area contributed by atoms with Crippen molar-refractivity contribution < 1.29 is 52.4 Å². The quantitative estimate of drug-likeness (QED) is 0.0541. The third-order valence-corrected chi connectivity index (χ3v) is 10.1. The van der Waals surface area contributed by atoms with Gasteiger partial charge >= 0.3 is 18.1 Å². The number of para-hydroxylation sites is 1. The molecule has 2 unspecified atom stereocenters. The third kappa shape index (κ3) is 12.4. The number of amides is 1. The Kier molecular flexibility index (Phi) is 16.1. The number of halogens is 4. The first-order chi connectivity index (χ1) is 27.5. The van der Waals surface area contributed by atoms with E-state index in [0.717, 1.165) is 41.9 Å². The summed E-state index contributed by atoms with van der Waals surface area (Å²) in [7, 11) is 0. The van der Waals surface area contributed by atoms with Gasteiger partial charge in [-0.15, -0.1) is 0 Å². The number of rotatable bonds is 16. The fourth-order valence-corrected chi connectivity index (χ4v) is 6.62. The average Bonchev–Trinajstić information content (AvgIpc) is 3.21. The summed E-state index contributed by atoms with van der Waals surface area (Å²) in [5.41, 5.74) is 2.65. The molecule has 0 spiro atoms. The number of nitrogens with zero attached hydrogens (tertiary/aromatic N) is 4. The molecular formula is C41H42F4N4O8S. The molecule has 1 aromatic heterocycles. The minimum atomic E-state index is -4.40. The highest BCUT2D eigenvalue weighted by atomic mass is 32.2. The summed E-state index contributed by atoms with van der Waals surface area (Å²) in [6.45, 7) is 7.19. The maximum Gasteiger partial charge on any atom is 0.416 e. The van der Waals surface area contributed by atoms with Crippen molar-refractivity contribution in [2.45, 2.75) is 56.2 Å². The molecule has 1 amide bonds. The number of carboxylic acids is 2. The number of likely N-dealkylation sites (N-methyl/N-ethyl adjacent to an activating group) is 1. The molecule has 1 heterocycles. The van der Waals surface area contributed by atoms with Gasteiger partial charge in [0.05, 0.1) is 16.5 Å². The number of carboxylic acid groups (broad SMARTS) is 2. The fraction of sp³-hybridized carbons (Fsp3) is 0.293. The van der Waals surface area contributed by atoms with Crippen LogP contribution in [0.25, 0.3) is 22.0 Å². The molecule has 0 aliphatic carbocycles. The summed E-state index contributed by atoms with van der Waals surface area (Å²) in [5, 5.41) is 33.3. The lowest BCUT2D eigenvalue weighted by atomic mass is 10.0. The maximum absolute atomic E-state index is 14.1. The highest BCUT2D eigenvalue weighted by Gasteiger charge is 2.30. The van der Waals surface area contributed by atoms with Crippen LogP contribution in [0.2, 0.25) is 0 Å². The molecule has 0 aliphatic heterocycles. The second-order valence-electron chi connectivity index (χ2n) is 12.9. The molecule has 58 heavy (non-hydrogen) atoms. The van der Waals surface area contributed by atoms with Gasteiger partial charge < -0.3 is 34.8 Å². The molecule has 0 saturated carbocycles. The van der Waals surface area contributed by atoms with Crippen LogP contribution in [0.1, 0.15) is 30.5 Å². The summed E-state index contributed by atoms with van der Waals surface area (Å²) >= 11 is 1.31. The maximum atomic E-state index is 14.1. The average molecular weight is 827 g/mol.